The highest BCUT2D eigenvalue weighted by Gasteiger charge is 2.21. The predicted octanol–water partition coefficient (Wildman–Crippen LogP) is 1.38. The molecule has 1 rings (SSSR count). The van der Waals surface area contributed by atoms with Crippen LogP contribution in [0.3, 0.4) is 0 Å². The van der Waals surface area contributed by atoms with E-state index in [-0.39, 0.29) is 5.44 Å². The molecule has 1 fully saturated rings. The van der Waals surface area contributed by atoms with Crippen LogP contribution in [-0.4, -0.2) is 23.9 Å². The van der Waals surface area contributed by atoms with Crippen molar-refractivity contribution in [2.75, 3.05) is 12.4 Å². The van der Waals surface area contributed by atoms with Gasteiger partial charge >= 0.3 is 0 Å². The van der Waals surface area contributed by atoms with Gasteiger partial charge in [-0.15, -0.1) is 11.8 Å². The SMILES string of the molecule is CC.CC1CSC(CON)O1. The van der Waals surface area contributed by atoms with E-state index in [1.807, 2.05) is 20.8 Å². The van der Waals surface area contributed by atoms with Crippen LogP contribution in [0.15, 0.2) is 0 Å². The summed E-state index contributed by atoms with van der Waals surface area (Å²) in [6.07, 6.45) is 0.357. The standard InChI is InChI=1S/C5H11NO2S.C2H6/c1-4-3-9-5(8-4)2-7-6;1-2/h4-5H,2-3,6H2,1H3;1-2H3. The molecule has 3 nitrogen and oxygen atoms in total. The topological polar surface area (TPSA) is 44.5 Å². The zero-order chi connectivity index (χ0) is 8.69. The molecular formula is C7H17NO2S. The van der Waals surface area contributed by atoms with Crippen molar-refractivity contribution in [2.45, 2.75) is 32.3 Å². The minimum Gasteiger partial charge on any atom is -0.361 e. The number of hydrogen-bond acceptors (Lipinski definition) is 4. The summed E-state index contributed by atoms with van der Waals surface area (Å²) in [6.45, 7) is 6.54. The second-order valence-corrected chi connectivity index (χ2v) is 3.24. The first kappa shape index (κ1) is 11.2. The van der Waals surface area contributed by atoms with Gasteiger partial charge in [0.2, 0.25) is 0 Å². The van der Waals surface area contributed by atoms with Crippen molar-refractivity contribution in [1.82, 2.24) is 0 Å². The number of ether oxygens (including phenoxy) is 1. The molecule has 0 aromatic heterocycles. The lowest BCUT2D eigenvalue weighted by atomic mass is 10.5. The van der Waals surface area contributed by atoms with Crippen molar-refractivity contribution in [1.29, 1.82) is 0 Å². The Balaban J connectivity index is 0.000000461. The van der Waals surface area contributed by atoms with Gasteiger partial charge in [0.1, 0.15) is 12.0 Å². The molecule has 0 bridgehead atoms. The minimum atomic E-state index is 0.157. The maximum atomic E-state index is 5.36. The Morgan fingerprint density at radius 1 is 1.64 bits per heavy atom. The van der Waals surface area contributed by atoms with Crippen LogP contribution in [0.5, 0.6) is 0 Å². The van der Waals surface area contributed by atoms with Crippen LogP contribution in [-0.2, 0) is 9.57 Å². The first-order valence-corrected chi connectivity index (χ1v) is 4.96. The van der Waals surface area contributed by atoms with Crippen molar-refractivity contribution >= 4 is 11.8 Å². The van der Waals surface area contributed by atoms with E-state index in [9.17, 15) is 0 Å². The van der Waals surface area contributed by atoms with Gasteiger partial charge in [-0.25, -0.2) is 5.90 Å². The maximum Gasteiger partial charge on any atom is 0.129 e. The monoisotopic (exact) mass is 179 g/mol. The van der Waals surface area contributed by atoms with Gasteiger partial charge in [-0.1, -0.05) is 13.8 Å². The van der Waals surface area contributed by atoms with Gasteiger partial charge in [-0.3, -0.25) is 0 Å². The summed E-state index contributed by atoms with van der Waals surface area (Å²) in [5.74, 6) is 5.91. The molecule has 0 saturated carbocycles. The normalized spacial score (nSPS) is 29.5. The maximum absolute atomic E-state index is 5.36. The Morgan fingerprint density at radius 2 is 2.27 bits per heavy atom. The molecule has 2 N–H and O–H groups in total. The van der Waals surface area contributed by atoms with Crippen molar-refractivity contribution in [3.63, 3.8) is 0 Å². The first-order chi connectivity index (χ1) is 5.33. The quantitative estimate of drug-likeness (QED) is 0.650. The Kier molecular flexibility index (Phi) is 7.06. The van der Waals surface area contributed by atoms with E-state index < -0.39 is 0 Å². The van der Waals surface area contributed by atoms with Crippen molar-refractivity contribution in [2.24, 2.45) is 5.90 Å². The van der Waals surface area contributed by atoms with Crippen LogP contribution >= 0.6 is 11.8 Å². The van der Waals surface area contributed by atoms with E-state index in [2.05, 4.69) is 4.84 Å². The van der Waals surface area contributed by atoms with Crippen molar-refractivity contribution < 1.29 is 9.57 Å². The minimum absolute atomic E-state index is 0.157. The van der Waals surface area contributed by atoms with Crippen LogP contribution < -0.4 is 5.90 Å². The second-order valence-electron chi connectivity index (χ2n) is 2.04. The summed E-state index contributed by atoms with van der Waals surface area (Å²) < 4.78 is 5.36. The largest absolute Gasteiger partial charge is 0.361 e. The van der Waals surface area contributed by atoms with Gasteiger partial charge in [0.25, 0.3) is 0 Å². The van der Waals surface area contributed by atoms with Crippen LogP contribution in [0, 0.1) is 0 Å². The van der Waals surface area contributed by atoms with Crippen molar-refractivity contribution in [3.05, 3.63) is 0 Å². The van der Waals surface area contributed by atoms with Crippen LogP contribution in [0.1, 0.15) is 20.8 Å². The van der Waals surface area contributed by atoms with Gasteiger partial charge in [0.05, 0.1) is 6.10 Å². The molecule has 4 heteroatoms. The molecule has 2 atom stereocenters. The third kappa shape index (κ3) is 4.63. The molecule has 0 aromatic rings. The number of rotatable bonds is 2. The Bertz CT molecular complexity index is 90.5. The molecular weight excluding hydrogens is 162 g/mol. The molecule has 0 spiro atoms. The van der Waals surface area contributed by atoms with Gasteiger partial charge in [0.15, 0.2) is 0 Å². The first-order valence-electron chi connectivity index (χ1n) is 3.91. The highest BCUT2D eigenvalue weighted by molar-refractivity contribution is 8.00. The van der Waals surface area contributed by atoms with Gasteiger partial charge in [0, 0.05) is 5.75 Å². The van der Waals surface area contributed by atoms with E-state index in [0.717, 1.165) is 5.75 Å². The summed E-state index contributed by atoms with van der Waals surface area (Å²) in [5.41, 5.74) is 0.157. The Morgan fingerprint density at radius 3 is 2.64 bits per heavy atom. The fraction of sp³-hybridized carbons (Fsp3) is 1.00. The summed E-state index contributed by atoms with van der Waals surface area (Å²) >= 11 is 1.75. The summed E-state index contributed by atoms with van der Waals surface area (Å²) in [6, 6.07) is 0. The average Bonchev–Trinajstić information content (AvgIpc) is 2.41. The molecule has 0 amide bonds. The lowest BCUT2D eigenvalue weighted by Gasteiger charge is -2.06. The second kappa shape index (κ2) is 6.91. The summed E-state index contributed by atoms with van der Waals surface area (Å²) in [7, 11) is 0. The third-order valence-corrected chi connectivity index (χ3v) is 2.41. The lowest BCUT2D eigenvalue weighted by Crippen LogP contribution is -2.16. The molecule has 0 aliphatic carbocycles. The van der Waals surface area contributed by atoms with E-state index in [0.29, 0.717) is 12.7 Å². The molecule has 0 aromatic carbocycles. The zero-order valence-electron chi connectivity index (χ0n) is 7.37. The fourth-order valence-electron chi connectivity index (χ4n) is 0.746. The Labute approximate surface area is 72.6 Å². The molecule has 1 heterocycles. The van der Waals surface area contributed by atoms with Gasteiger partial charge in [-0.05, 0) is 6.92 Å². The average molecular weight is 179 g/mol. The summed E-state index contributed by atoms with van der Waals surface area (Å²) in [4.78, 5) is 4.43. The van der Waals surface area contributed by atoms with Crippen LogP contribution in [0.25, 0.3) is 0 Å². The van der Waals surface area contributed by atoms with Gasteiger partial charge < -0.3 is 9.57 Å². The Hall–Kier alpha value is 0.230. The molecule has 68 valence electrons. The summed E-state index contributed by atoms with van der Waals surface area (Å²) in [5, 5.41) is 0. The smallest absolute Gasteiger partial charge is 0.129 e. The molecule has 0 radical (unpaired) electrons. The van der Waals surface area contributed by atoms with E-state index in [1.165, 1.54) is 0 Å². The van der Waals surface area contributed by atoms with E-state index in [1.54, 1.807) is 11.8 Å². The predicted molar refractivity (Wildman–Crippen MR) is 48.3 cm³/mol. The molecule has 11 heavy (non-hydrogen) atoms. The molecule has 1 aliphatic rings. The van der Waals surface area contributed by atoms with Gasteiger partial charge in [-0.2, -0.15) is 0 Å². The zero-order valence-corrected chi connectivity index (χ0v) is 8.19. The molecule has 1 aliphatic heterocycles. The highest BCUT2D eigenvalue weighted by atomic mass is 32.2. The van der Waals surface area contributed by atoms with E-state index >= 15 is 0 Å². The van der Waals surface area contributed by atoms with E-state index in [4.69, 9.17) is 10.6 Å². The molecule has 2 unspecified atom stereocenters. The third-order valence-electron chi connectivity index (χ3n) is 1.13. The van der Waals surface area contributed by atoms with Crippen LogP contribution in [0.4, 0.5) is 0 Å². The number of hydrogen-bond donors (Lipinski definition) is 1. The molecule has 1 saturated heterocycles. The highest BCUT2D eigenvalue weighted by Crippen LogP contribution is 2.24. The lowest BCUT2D eigenvalue weighted by molar-refractivity contribution is 0.0132. The van der Waals surface area contributed by atoms with Crippen molar-refractivity contribution in [3.8, 4) is 0 Å². The fourth-order valence-corrected chi connectivity index (χ4v) is 1.75. The number of thioether (sulfide) groups is 1. The number of nitrogens with two attached hydrogens (primary N) is 1. The van der Waals surface area contributed by atoms with Crippen LogP contribution in [0.2, 0.25) is 0 Å².